The highest BCUT2D eigenvalue weighted by Gasteiger charge is 2.09. The molecular formula is C16H19ClS. The first kappa shape index (κ1) is 13.6. The Morgan fingerprint density at radius 2 is 1.89 bits per heavy atom. The van der Waals surface area contributed by atoms with E-state index in [2.05, 4.69) is 42.6 Å². The van der Waals surface area contributed by atoms with Gasteiger partial charge in [-0.25, -0.2) is 0 Å². The minimum atomic E-state index is 0.584. The Morgan fingerprint density at radius 1 is 1.06 bits per heavy atom. The monoisotopic (exact) mass is 278 g/mol. The molecule has 18 heavy (non-hydrogen) atoms. The predicted octanol–water partition coefficient (Wildman–Crippen LogP) is 5.89. The molecular weight excluding hydrogens is 260 g/mol. The van der Waals surface area contributed by atoms with Gasteiger partial charge in [-0.15, -0.1) is 22.9 Å². The maximum Gasteiger partial charge on any atom is 0.0480 e. The van der Waals surface area contributed by atoms with Crippen molar-refractivity contribution in [1.82, 2.24) is 0 Å². The van der Waals surface area contributed by atoms with Gasteiger partial charge in [-0.1, -0.05) is 44.0 Å². The zero-order valence-electron chi connectivity index (χ0n) is 10.8. The maximum atomic E-state index is 6.03. The fraction of sp³-hybridized carbons (Fsp3) is 0.375. The van der Waals surface area contributed by atoms with E-state index in [4.69, 9.17) is 11.6 Å². The molecule has 2 heteroatoms. The van der Waals surface area contributed by atoms with Gasteiger partial charge in [0.25, 0.3) is 0 Å². The van der Waals surface area contributed by atoms with Crippen molar-refractivity contribution >= 4 is 22.9 Å². The van der Waals surface area contributed by atoms with Gasteiger partial charge in [0, 0.05) is 10.8 Å². The van der Waals surface area contributed by atoms with Crippen LogP contribution in [0.25, 0.3) is 11.1 Å². The van der Waals surface area contributed by atoms with Crippen molar-refractivity contribution in [2.45, 2.75) is 38.5 Å². The fourth-order valence-corrected chi connectivity index (χ4v) is 3.38. The van der Waals surface area contributed by atoms with E-state index in [-0.39, 0.29) is 0 Å². The number of thiophene rings is 1. The topological polar surface area (TPSA) is 0 Å². The van der Waals surface area contributed by atoms with E-state index < -0.39 is 0 Å². The zero-order valence-corrected chi connectivity index (χ0v) is 12.4. The smallest absolute Gasteiger partial charge is 0.0480 e. The number of halogens is 1. The largest absolute Gasteiger partial charge is 0.148 e. The highest BCUT2D eigenvalue weighted by Crippen LogP contribution is 2.32. The molecule has 0 aliphatic rings. The van der Waals surface area contributed by atoms with Gasteiger partial charge in [-0.05, 0) is 41.0 Å². The molecule has 0 amide bonds. The van der Waals surface area contributed by atoms with Crippen molar-refractivity contribution in [1.29, 1.82) is 0 Å². The molecule has 0 N–H and O–H groups in total. The molecule has 2 rings (SSSR count). The number of aryl methyl sites for hydroxylation is 1. The van der Waals surface area contributed by atoms with Crippen molar-refractivity contribution in [3.05, 3.63) is 46.2 Å². The zero-order chi connectivity index (χ0) is 12.8. The highest BCUT2D eigenvalue weighted by molar-refractivity contribution is 7.10. The van der Waals surface area contributed by atoms with Crippen molar-refractivity contribution in [2.24, 2.45) is 0 Å². The molecule has 0 spiro atoms. The SMILES string of the molecule is CCCCCc1sccc1-c1ccccc1CCl. The lowest BCUT2D eigenvalue weighted by molar-refractivity contribution is 0.723. The molecule has 96 valence electrons. The Balaban J connectivity index is 2.25. The van der Waals surface area contributed by atoms with Crippen LogP contribution in [0.5, 0.6) is 0 Å². The number of unbranched alkanes of at least 4 members (excludes halogenated alkanes) is 2. The van der Waals surface area contributed by atoms with Crippen LogP contribution in [0.2, 0.25) is 0 Å². The third kappa shape index (κ3) is 3.15. The van der Waals surface area contributed by atoms with Crippen LogP contribution in [0.15, 0.2) is 35.7 Å². The quantitative estimate of drug-likeness (QED) is 0.457. The summed E-state index contributed by atoms with van der Waals surface area (Å²) < 4.78 is 0. The third-order valence-electron chi connectivity index (χ3n) is 3.20. The Labute approximate surface area is 119 Å². The summed E-state index contributed by atoms with van der Waals surface area (Å²) >= 11 is 7.90. The number of hydrogen-bond acceptors (Lipinski definition) is 1. The normalized spacial score (nSPS) is 10.8. The Morgan fingerprint density at radius 3 is 2.67 bits per heavy atom. The van der Waals surface area contributed by atoms with E-state index in [0.717, 1.165) is 0 Å². The minimum absolute atomic E-state index is 0.584. The number of hydrogen-bond donors (Lipinski definition) is 0. The van der Waals surface area contributed by atoms with Crippen molar-refractivity contribution in [3.8, 4) is 11.1 Å². The molecule has 0 bridgehead atoms. The van der Waals surface area contributed by atoms with Gasteiger partial charge in [0.15, 0.2) is 0 Å². The molecule has 1 aromatic heterocycles. The van der Waals surface area contributed by atoms with E-state index >= 15 is 0 Å². The lowest BCUT2D eigenvalue weighted by Gasteiger charge is -2.08. The standard InChI is InChI=1S/C16H19ClS/c1-2-3-4-9-16-15(10-11-18-16)14-8-6-5-7-13(14)12-17/h5-8,10-11H,2-4,9,12H2,1H3. The minimum Gasteiger partial charge on any atom is -0.148 e. The Bertz CT molecular complexity index is 487. The van der Waals surface area contributed by atoms with Gasteiger partial charge in [-0.2, -0.15) is 0 Å². The number of rotatable bonds is 6. The van der Waals surface area contributed by atoms with Gasteiger partial charge in [-0.3, -0.25) is 0 Å². The molecule has 1 aromatic carbocycles. The first-order valence-corrected chi connectivity index (χ1v) is 7.98. The summed E-state index contributed by atoms with van der Waals surface area (Å²) in [5, 5.41) is 2.20. The van der Waals surface area contributed by atoms with E-state index in [1.807, 2.05) is 11.3 Å². The van der Waals surface area contributed by atoms with E-state index in [0.29, 0.717) is 5.88 Å². The van der Waals surface area contributed by atoms with Crippen LogP contribution in [0.3, 0.4) is 0 Å². The molecule has 0 aliphatic carbocycles. The summed E-state index contributed by atoms with van der Waals surface area (Å²) in [7, 11) is 0. The second-order valence-electron chi connectivity index (χ2n) is 4.51. The first-order valence-electron chi connectivity index (χ1n) is 6.57. The summed E-state index contributed by atoms with van der Waals surface area (Å²) in [4.78, 5) is 1.50. The van der Waals surface area contributed by atoms with Crippen molar-refractivity contribution < 1.29 is 0 Å². The second kappa shape index (κ2) is 6.96. The number of alkyl halides is 1. The van der Waals surface area contributed by atoms with Crippen LogP contribution in [-0.4, -0.2) is 0 Å². The molecule has 0 saturated heterocycles. The maximum absolute atomic E-state index is 6.03. The average Bonchev–Trinajstić information content (AvgIpc) is 2.87. The van der Waals surface area contributed by atoms with Gasteiger partial charge in [0.1, 0.15) is 0 Å². The fourth-order valence-electron chi connectivity index (χ4n) is 2.21. The summed E-state index contributed by atoms with van der Waals surface area (Å²) in [5.74, 6) is 0.584. The molecule has 0 aliphatic heterocycles. The first-order chi connectivity index (χ1) is 8.86. The lowest BCUT2D eigenvalue weighted by atomic mass is 9.99. The van der Waals surface area contributed by atoms with E-state index in [9.17, 15) is 0 Å². The molecule has 0 radical (unpaired) electrons. The molecule has 0 atom stereocenters. The summed E-state index contributed by atoms with van der Waals surface area (Å²) in [6.45, 7) is 2.25. The molecule has 1 heterocycles. The summed E-state index contributed by atoms with van der Waals surface area (Å²) in [5.41, 5.74) is 3.92. The third-order valence-corrected chi connectivity index (χ3v) is 4.47. The Hall–Kier alpha value is -0.790. The Kier molecular flexibility index (Phi) is 5.27. The van der Waals surface area contributed by atoms with Gasteiger partial charge in [0.2, 0.25) is 0 Å². The van der Waals surface area contributed by atoms with Gasteiger partial charge in [0.05, 0.1) is 0 Å². The molecule has 0 nitrogen and oxygen atoms in total. The van der Waals surface area contributed by atoms with Crippen LogP contribution >= 0.6 is 22.9 Å². The lowest BCUT2D eigenvalue weighted by Crippen LogP contribution is -1.89. The van der Waals surface area contributed by atoms with Crippen LogP contribution in [-0.2, 0) is 12.3 Å². The highest BCUT2D eigenvalue weighted by atomic mass is 35.5. The summed E-state index contributed by atoms with van der Waals surface area (Å²) in [6.07, 6.45) is 5.07. The van der Waals surface area contributed by atoms with Gasteiger partial charge >= 0.3 is 0 Å². The number of benzene rings is 1. The van der Waals surface area contributed by atoms with E-state index in [1.165, 1.54) is 47.3 Å². The van der Waals surface area contributed by atoms with Crippen LogP contribution in [0, 0.1) is 0 Å². The molecule has 0 fully saturated rings. The molecule has 0 saturated carbocycles. The molecule has 2 aromatic rings. The van der Waals surface area contributed by atoms with Crippen molar-refractivity contribution in [3.63, 3.8) is 0 Å². The second-order valence-corrected chi connectivity index (χ2v) is 5.77. The van der Waals surface area contributed by atoms with Crippen LogP contribution in [0.1, 0.15) is 36.6 Å². The van der Waals surface area contributed by atoms with Crippen LogP contribution in [0.4, 0.5) is 0 Å². The van der Waals surface area contributed by atoms with E-state index in [1.54, 1.807) is 0 Å². The summed E-state index contributed by atoms with van der Waals surface area (Å²) in [6, 6.07) is 10.7. The van der Waals surface area contributed by atoms with Crippen molar-refractivity contribution in [2.75, 3.05) is 0 Å². The average molecular weight is 279 g/mol. The predicted molar refractivity (Wildman–Crippen MR) is 82.5 cm³/mol. The van der Waals surface area contributed by atoms with Gasteiger partial charge < -0.3 is 0 Å². The van der Waals surface area contributed by atoms with Crippen LogP contribution < -0.4 is 0 Å². The molecule has 0 unspecified atom stereocenters.